The van der Waals surface area contributed by atoms with Gasteiger partial charge in [0, 0.05) is 12.5 Å². The topological polar surface area (TPSA) is 50.1 Å². The molecule has 0 amide bonds. The van der Waals surface area contributed by atoms with E-state index < -0.39 is 0 Å². The molecule has 1 aliphatic rings. The highest BCUT2D eigenvalue weighted by Crippen LogP contribution is 2.27. The third kappa shape index (κ3) is 2.15. The smallest absolute Gasteiger partial charge is 0.0761 e. The Kier molecular flexibility index (Phi) is 3.64. The van der Waals surface area contributed by atoms with Gasteiger partial charge in [0.15, 0.2) is 0 Å². The summed E-state index contributed by atoms with van der Waals surface area (Å²) in [6.07, 6.45) is -0.00851. The van der Waals surface area contributed by atoms with Crippen molar-refractivity contribution in [1.29, 1.82) is 0 Å². The third-order valence-electron chi connectivity index (χ3n) is 3.25. The van der Waals surface area contributed by atoms with Crippen molar-refractivity contribution in [3.63, 3.8) is 0 Å². The zero-order valence-electron chi connectivity index (χ0n) is 9.39. The molecule has 0 aliphatic carbocycles. The van der Waals surface area contributed by atoms with Crippen LogP contribution in [0.2, 0.25) is 0 Å². The van der Waals surface area contributed by atoms with Crippen LogP contribution in [0.3, 0.4) is 0 Å². The van der Waals surface area contributed by atoms with Crippen molar-refractivity contribution in [1.82, 2.24) is 10.9 Å². The molecule has 1 fully saturated rings. The summed E-state index contributed by atoms with van der Waals surface area (Å²) in [7, 11) is 0. The van der Waals surface area contributed by atoms with E-state index in [0.29, 0.717) is 5.92 Å². The van der Waals surface area contributed by atoms with E-state index >= 15 is 0 Å². The lowest BCUT2D eigenvalue weighted by Gasteiger charge is -2.16. The second-order valence-electron chi connectivity index (χ2n) is 4.23. The molecular formula is C13H16ClN3. The summed E-state index contributed by atoms with van der Waals surface area (Å²) in [5.74, 6) is 0.339. The van der Waals surface area contributed by atoms with E-state index in [1.165, 1.54) is 16.3 Å². The van der Waals surface area contributed by atoms with Gasteiger partial charge < -0.3 is 5.73 Å². The lowest BCUT2D eigenvalue weighted by atomic mass is 9.92. The number of rotatable bonds is 1. The van der Waals surface area contributed by atoms with E-state index in [4.69, 9.17) is 5.73 Å². The van der Waals surface area contributed by atoms with Gasteiger partial charge in [0.25, 0.3) is 0 Å². The van der Waals surface area contributed by atoms with Gasteiger partial charge in [-0.3, -0.25) is 5.43 Å². The van der Waals surface area contributed by atoms with Crippen molar-refractivity contribution >= 4 is 23.2 Å². The molecule has 3 rings (SSSR count). The van der Waals surface area contributed by atoms with Crippen LogP contribution >= 0.6 is 12.4 Å². The first-order valence-electron chi connectivity index (χ1n) is 5.58. The maximum Gasteiger partial charge on any atom is 0.0761 e. The average molecular weight is 250 g/mol. The second-order valence-corrected chi connectivity index (χ2v) is 4.23. The van der Waals surface area contributed by atoms with E-state index in [-0.39, 0.29) is 18.6 Å². The number of hydrogen-bond acceptors (Lipinski definition) is 3. The molecule has 2 unspecified atom stereocenters. The van der Waals surface area contributed by atoms with Crippen LogP contribution in [0.1, 0.15) is 11.5 Å². The van der Waals surface area contributed by atoms with Gasteiger partial charge in [-0.2, -0.15) is 0 Å². The Labute approximate surface area is 107 Å². The van der Waals surface area contributed by atoms with Crippen LogP contribution in [-0.4, -0.2) is 12.7 Å². The summed E-state index contributed by atoms with van der Waals surface area (Å²) in [6, 6.07) is 14.9. The van der Waals surface area contributed by atoms with Crippen LogP contribution in [0.25, 0.3) is 10.8 Å². The maximum atomic E-state index is 6.03. The Morgan fingerprint density at radius 1 is 1.06 bits per heavy atom. The molecule has 4 heteroatoms. The van der Waals surface area contributed by atoms with Gasteiger partial charge in [-0.05, 0) is 16.3 Å². The number of hydrogen-bond donors (Lipinski definition) is 3. The molecule has 1 aliphatic heterocycles. The van der Waals surface area contributed by atoms with Gasteiger partial charge >= 0.3 is 0 Å². The monoisotopic (exact) mass is 249 g/mol. The summed E-state index contributed by atoms with van der Waals surface area (Å²) in [5, 5.41) is 2.58. The van der Waals surface area contributed by atoms with Gasteiger partial charge in [0.1, 0.15) is 0 Å². The molecule has 0 radical (unpaired) electrons. The van der Waals surface area contributed by atoms with Crippen molar-refractivity contribution in [2.75, 3.05) is 6.54 Å². The largest absolute Gasteiger partial charge is 0.314 e. The zero-order valence-corrected chi connectivity index (χ0v) is 10.2. The summed E-state index contributed by atoms with van der Waals surface area (Å²) >= 11 is 0. The van der Waals surface area contributed by atoms with E-state index in [2.05, 4.69) is 53.3 Å². The molecule has 0 saturated carbocycles. The zero-order chi connectivity index (χ0) is 11.0. The standard InChI is InChI=1S/C13H15N3.ClH/c14-13-12(8-15-16-13)11-7-3-5-9-4-1-2-6-10(9)11;/h1-7,12-13,15-16H,8,14H2;1H. The third-order valence-corrected chi connectivity index (χ3v) is 3.25. The summed E-state index contributed by atoms with van der Waals surface area (Å²) < 4.78 is 0. The average Bonchev–Trinajstić information content (AvgIpc) is 2.75. The minimum atomic E-state index is -0.00851. The highest BCUT2D eigenvalue weighted by molar-refractivity contribution is 5.86. The molecule has 17 heavy (non-hydrogen) atoms. The summed E-state index contributed by atoms with van der Waals surface area (Å²) in [5.41, 5.74) is 13.5. The molecule has 2 aromatic rings. The lowest BCUT2D eigenvalue weighted by molar-refractivity contribution is 0.548. The van der Waals surface area contributed by atoms with Crippen molar-refractivity contribution in [2.24, 2.45) is 5.73 Å². The Morgan fingerprint density at radius 2 is 1.82 bits per heavy atom. The first-order chi connectivity index (χ1) is 7.86. The van der Waals surface area contributed by atoms with Gasteiger partial charge in [-0.1, -0.05) is 42.5 Å². The van der Waals surface area contributed by atoms with Crippen LogP contribution < -0.4 is 16.6 Å². The van der Waals surface area contributed by atoms with Crippen molar-refractivity contribution in [2.45, 2.75) is 12.1 Å². The van der Waals surface area contributed by atoms with Crippen molar-refractivity contribution in [3.05, 3.63) is 48.0 Å². The van der Waals surface area contributed by atoms with Gasteiger partial charge in [0.05, 0.1) is 6.17 Å². The molecule has 90 valence electrons. The molecular weight excluding hydrogens is 234 g/mol. The number of fused-ring (bicyclic) bond motifs is 1. The highest BCUT2D eigenvalue weighted by Gasteiger charge is 2.25. The molecule has 0 spiro atoms. The summed E-state index contributed by atoms with van der Waals surface area (Å²) in [6.45, 7) is 0.884. The van der Waals surface area contributed by atoms with Gasteiger partial charge in [0.2, 0.25) is 0 Å². The van der Waals surface area contributed by atoms with E-state index in [9.17, 15) is 0 Å². The molecule has 3 nitrogen and oxygen atoms in total. The summed E-state index contributed by atoms with van der Waals surface area (Å²) in [4.78, 5) is 0. The Hall–Kier alpha value is -1.13. The number of benzene rings is 2. The van der Waals surface area contributed by atoms with E-state index in [1.54, 1.807) is 0 Å². The second kappa shape index (κ2) is 5.02. The fourth-order valence-corrected chi connectivity index (χ4v) is 2.39. The maximum absolute atomic E-state index is 6.03. The van der Waals surface area contributed by atoms with Crippen LogP contribution in [0.5, 0.6) is 0 Å². The number of nitrogens with one attached hydrogen (secondary N) is 2. The predicted octanol–water partition coefficient (Wildman–Crippen LogP) is 1.74. The SMILES string of the molecule is Cl.NC1NNCC1c1cccc2ccccc12. The normalized spacial score (nSPS) is 23.6. The molecule has 1 heterocycles. The number of halogens is 1. The lowest BCUT2D eigenvalue weighted by Crippen LogP contribution is -2.38. The Bertz CT molecular complexity index is 509. The molecule has 2 atom stereocenters. The van der Waals surface area contributed by atoms with Gasteiger partial charge in [-0.25, -0.2) is 5.43 Å². The van der Waals surface area contributed by atoms with E-state index in [1.807, 2.05) is 0 Å². The minimum absolute atomic E-state index is 0. The van der Waals surface area contributed by atoms with Crippen molar-refractivity contribution < 1.29 is 0 Å². The molecule has 4 N–H and O–H groups in total. The molecule has 1 saturated heterocycles. The van der Waals surface area contributed by atoms with Crippen molar-refractivity contribution in [3.8, 4) is 0 Å². The van der Waals surface area contributed by atoms with Crippen LogP contribution in [0, 0.1) is 0 Å². The Balaban J connectivity index is 0.00000108. The number of hydrazine groups is 1. The first-order valence-corrected chi connectivity index (χ1v) is 5.58. The fraction of sp³-hybridized carbons (Fsp3) is 0.231. The molecule has 2 aromatic carbocycles. The minimum Gasteiger partial charge on any atom is -0.314 e. The van der Waals surface area contributed by atoms with Crippen LogP contribution in [0.15, 0.2) is 42.5 Å². The van der Waals surface area contributed by atoms with Gasteiger partial charge in [-0.15, -0.1) is 12.4 Å². The van der Waals surface area contributed by atoms with E-state index in [0.717, 1.165) is 6.54 Å². The highest BCUT2D eigenvalue weighted by atomic mass is 35.5. The number of nitrogens with two attached hydrogens (primary N) is 1. The molecule has 0 aromatic heterocycles. The van der Waals surface area contributed by atoms with Crippen LogP contribution in [-0.2, 0) is 0 Å². The molecule has 0 bridgehead atoms. The predicted molar refractivity (Wildman–Crippen MR) is 73.1 cm³/mol. The van der Waals surface area contributed by atoms with Crippen LogP contribution in [0.4, 0.5) is 0 Å². The fourth-order valence-electron chi connectivity index (χ4n) is 2.39. The Morgan fingerprint density at radius 3 is 2.59 bits per heavy atom. The quantitative estimate of drug-likeness (QED) is 0.722. The first kappa shape index (κ1) is 12.3.